The van der Waals surface area contributed by atoms with E-state index < -0.39 is 0 Å². The first-order valence-corrected chi connectivity index (χ1v) is 11.7. The summed E-state index contributed by atoms with van der Waals surface area (Å²) in [5.41, 5.74) is 2.37. The third-order valence-corrected chi connectivity index (χ3v) is 7.46. The molecule has 1 saturated carbocycles. The quantitative estimate of drug-likeness (QED) is 0.397. The normalized spacial score (nSPS) is 15.9. The second kappa shape index (κ2) is 9.42. The van der Waals surface area contributed by atoms with Gasteiger partial charge in [0.15, 0.2) is 5.82 Å². The molecule has 4 rings (SSSR count). The molecule has 1 fully saturated rings. The lowest BCUT2D eigenvalue weighted by Crippen LogP contribution is -2.05. The molecule has 0 amide bonds. The summed E-state index contributed by atoms with van der Waals surface area (Å²) < 4.78 is 0.724. The number of aromatic nitrogens is 3. The molecule has 2 heterocycles. The summed E-state index contributed by atoms with van der Waals surface area (Å²) in [5, 5.41) is 4.49. The Morgan fingerprint density at radius 3 is 2.46 bits per heavy atom. The van der Waals surface area contributed by atoms with Crippen LogP contribution >= 0.6 is 39.3 Å². The van der Waals surface area contributed by atoms with Crippen molar-refractivity contribution < 1.29 is 0 Å². The highest BCUT2D eigenvalue weighted by Crippen LogP contribution is 2.33. The Kier molecular flexibility index (Phi) is 6.70. The van der Waals surface area contributed by atoms with Crippen molar-refractivity contribution in [2.75, 3.05) is 5.32 Å². The number of hydrogen-bond donors (Lipinski definition) is 1. The average Bonchev–Trinajstić information content (AvgIpc) is 2.67. The van der Waals surface area contributed by atoms with Crippen molar-refractivity contribution in [2.45, 2.75) is 55.1 Å². The number of nitrogens with one attached hydrogen (secondary N) is 1. The van der Waals surface area contributed by atoms with Crippen LogP contribution in [0.15, 0.2) is 46.0 Å². The predicted octanol–water partition coefficient (Wildman–Crippen LogP) is 7.39. The van der Waals surface area contributed by atoms with Gasteiger partial charge in [-0.1, -0.05) is 43.7 Å². The Balaban J connectivity index is 1.47. The van der Waals surface area contributed by atoms with Gasteiger partial charge in [0.1, 0.15) is 17.0 Å². The van der Waals surface area contributed by atoms with E-state index in [9.17, 15) is 0 Å². The standard InChI is InChI=1S/C21H22BrClN4S/c22-17-12-18-19(27-20(17)23)21(25-13-24-18)26-14-8-10-16(11-9-14)28-15-6-4-2-1-3-5-7-15/h8-13,15H,1-7H2,(H,24,25,26). The third-order valence-electron chi connectivity index (χ3n) is 4.99. The molecule has 7 heteroatoms. The number of nitrogens with zero attached hydrogens (tertiary/aromatic N) is 3. The maximum Gasteiger partial charge on any atom is 0.160 e. The molecule has 0 radical (unpaired) electrons. The SMILES string of the molecule is Clc1nc2c(Nc3ccc(SC4CCCCCCC4)cc3)ncnc2cc1Br. The van der Waals surface area contributed by atoms with Crippen molar-refractivity contribution in [3.63, 3.8) is 0 Å². The summed E-state index contributed by atoms with van der Waals surface area (Å²) in [5.74, 6) is 0.653. The zero-order chi connectivity index (χ0) is 19.3. The molecule has 3 aromatic rings. The minimum atomic E-state index is 0.399. The fourth-order valence-electron chi connectivity index (χ4n) is 3.51. The van der Waals surface area contributed by atoms with Crippen LogP contribution in [0.25, 0.3) is 11.0 Å². The van der Waals surface area contributed by atoms with Gasteiger partial charge in [-0.05, 0) is 59.1 Å². The second-order valence-electron chi connectivity index (χ2n) is 7.09. The van der Waals surface area contributed by atoms with Crippen molar-refractivity contribution in [1.82, 2.24) is 15.0 Å². The lowest BCUT2D eigenvalue weighted by Gasteiger charge is -2.19. The van der Waals surface area contributed by atoms with E-state index >= 15 is 0 Å². The Labute approximate surface area is 183 Å². The van der Waals surface area contributed by atoms with Gasteiger partial charge in [-0.2, -0.15) is 0 Å². The van der Waals surface area contributed by atoms with Gasteiger partial charge in [0.2, 0.25) is 0 Å². The summed E-state index contributed by atoms with van der Waals surface area (Å²) >= 11 is 11.6. The fourth-order valence-corrected chi connectivity index (χ4v) is 5.21. The molecule has 1 N–H and O–H groups in total. The van der Waals surface area contributed by atoms with Gasteiger partial charge in [0, 0.05) is 15.8 Å². The number of benzene rings is 1. The van der Waals surface area contributed by atoms with E-state index in [1.165, 1.54) is 56.2 Å². The Bertz CT molecular complexity index is 943. The largest absolute Gasteiger partial charge is 0.338 e. The van der Waals surface area contributed by atoms with Crippen molar-refractivity contribution in [3.8, 4) is 0 Å². The lowest BCUT2D eigenvalue weighted by atomic mass is 10.0. The minimum absolute atomic E-state index is 0.399. The molecular formula is C21H22BrClN4S. The number of thioether (sulfide) groups is 1. The average molecular weight is 478 g/mol. The van der Waals surface area contributed by atoms with E-state index in [4.69, 9.17) is 11.6 Å². The molecule has 0 aliphatic heterocycles. The molecule has 0 bridgehead atoms. The molecular weight excluding hydrogens is 456 g/mol. The van der Waals surface area contributed by atoms with Crippen LogP contribution < -0.4 is 5.32 Å². The number of pyridine rings is 1. The molecule has 0 atom stereocenters. The predicted molar refractivity (Wildman–Crippen MR) is 122 cm³/mol. The summed E-state index contributed by atoms with van der Waals surface area (Å²) in [6.45, 7) is 0. The number of halogens is 2. The van der Waals surface area contributed by atoms with E-state index in [1.54, 1.807) is 0 Å². The van der Waals surface area contributed by atoms with E-state index in [0.29, 0.717) is 16.5 Å². The van der Waals surface area contributed by atoms with Crippen LogP contribution in [0.5, 0.6) is 0 Å². The lowest BCUT2D eigenvalue weighted by molar-refractivity contribution is 0.513. The van der Waals surface area contributed by atoms with Crippen LogP contribution in [0.1, 0.15) is 44.9 Å². The molecule has 1 aliphatic carbocycles. The van der Waals surface area contributed by atoms with Crippen molar-refractivity contribution >= 4 is 61.8 Å². The van der Waals surface area contributed by atoms with Crippen molar-refractivity contribution in [2.24, 2.45) is 0 Å². The fraction of sp³-hybridized carbons (Fsp3) is 0.381. The third kappa shape index (κ3) is 4.97. The Hall–Kier alpha value is -1.37. The first-order chi connectivity index (χ1) is 13.7. The van der Waals surface area contributed by atoms with Crippen molar-refractivity contribution in [1.29, 1.82) is 0 Å². The Morgan fingerprint density at radius 2 is 1.71 bits per heavy atom. The van der Waals surface area contributed by atoms with Crippen molar-refractivity contribution in [3.05, 3.63) is 46.3 Å². The molecule has 4 nitrogen and oxygen atoms in total. The highest BCUT2D eigenvalue weighted by atomic mass is 79.9. The Morgan fingerprint density at radius 1 is 1.00 bits per heavy atom. The highest BCUT2D eigenvalue weighted by molar-refractivity contribution is 9.10. The van der Waals surface area contributed by atoms with E-state index in [0.717, 1.165) is 20.9 Å². The number of rotatable bonds is 4. The maximum absolute atomic E-state index is 6.15. The van der Waals surface area contributed by atoms with Crippen LogP contribution in [-0.4, -0.2) is 20.2 Å². The van der Waals surface area contributed by atoms with Gasteiger partial charge >= 0.3 is 0 Å². The summed E-state index contributed by atoms with van der Waals surface area (Å²) in [4.78, 5) is 14.4. The first kappa shape index (κ1) is 19.9. The van der Waals surface area contributed by atoms with E-state index in [-0.39, 0.29) is 0 Å². The zero-order valence-corrected chi connectivity index (χ0v) is 18.7. The smallest absolute Gasteiger partial charge is 0.160 e. The maximum atomic E-state index is 6.15. The first-order valence-electron chi connectivity index (χ1n) is 9.69. The number of anilines is 2. The van der Waals surface area contributed by atoms with Gasteiger partial charge in [-0.25, -0.2) is 15.0 Å². The molecule has 0 spiro atoms. The molecule has 1 aromatic carbocycles. The molecule has 1 aliphatic rings. The zero-order valence-electron chi connectivity index (χ0n) is 15.5. The van der Waals surface area contributed by atoms with Gasteiger partial charge in [0.25, 0.3) is 0 Å². The second-order valence-corrected chi connectivity index (χ2v) is 9.67. The van der Waals surface area contributed by atoms with Crippen LogP contribution in [0.2, 0.25) is 5.15 Å². The van der Waals surface area contributed by atoms with Crippen LogP contribution in [0.3, 0.4) is 0 Å². The number of fused-ring (bicyclic) bond motifs is 1. The van der Waals surface area contributed by atoms with E-state index in [1.807, 2.05) is 17.8 Å². The van der Waals surface area contributed by atoms with Gasteiger partial charge < -0.3 is 5.32 Å². The van der Waals surface area contributed by atoms with Crippen LogP contribution in [0, 0.1) is 0 Å². The topological polar surface area (TPSA) is 50.7 Å². The van der Waals surface area contributed by atoms with Gasteiger partial charge in [-0.15, -0.1) is 11.8 Å². The van der Waals surface area contributed by atoms with Gasteiger partial charge in [0.05, 0.1) is 9.99 Å². The monoisotopic (exact) mass is 476 g/mol. The summed E-state index contributed by atoms with van der Waals surface area (Å²) in [7, 11) is 0. The summed E-state index contributed by atoms with van der Waals surface area (Å²) in [6, 6.07) is 10.4. The molecule has 0 saturated heterocycles. The molecule has 146 valence electrons. The number of hydrogen-bond acceptors (Lipinski definition) is 5. The van der Waals surface area contributed by atoms with Crippen LogP contribution in [-0.2, 0) is 0 Å². The van der Waals surface area contributed by atoms with Gasteiger partial charge in [-0.3, -0.25) is 0 Å². The van der Waals surface area contributed by atoms with E-state index in [2.05, 4.69) is 60.5 Å². The van der Waals surface area contributed by atoms with Crippen LogP contribution in [0.4, 0.5) is 11.5 Å². The molecule has 28 heavy (non-hydrogen) atoms. The minimum Gasteiger partial charge on any atom is -0.338 e. The molecule has 2 aromatic heterocycles. The summed E-state index contributed by atoms with van der Waals surface area (Å²) in [6.07, 6.45) is 11.1. The molecule has 0 unspecified atom stereocenters. The highest BCUT2D eigenvalue weighted by Gasteiger charge is 2.13.